The minimum Gasteiger partial charge on any atom is -0.497 e. The first kappa shape index (κ1) is 21.8. The highest BCUT2D eigenvalue weighted by Crippen LogP contribution is 2.39. The van der Waals surface area contributed by atoms with E-state index in [1.807, 2.05) is 61.5 Å². The number of halogens is 1. The first-order chi connectivity index (χ1) is 16.5. The van der Waals surface area contributed by atoms with Crippen molar-refractivity contribution in [2.45, 2.75) is 13.0 Å². The zero-order valence-electron chi connectivity index (χ0n) is 18.5. The first-order valence-corrected chi connectivity index (χ1v) is 11.1. The van der Waals surface area contributed by atoms with E-state index in [1.165, 1.54) is 12.1 Å². The Morgan fingerprint density at radius 3 is 2.59 bits per heavy atom. The Morgan fingerprint density at radius 2 is 1.82 bits per heavy atom. The zero-order chi connectivity index (χ0) is 23.7. The smallest absolute Gasteiger partial charge is 0.258 e. The monoisotopic (exact) mass is 472 g/mol. The van der Waals surface area contributed by atoms with Crippen LogP contribution >= 0.6 is 12.2 Å². The van der Waals surface area contributed by atoms with Crippen LogP contribution in [0.5, 0.6) is 5.75 Å². The van der Waals surface area contributed by atoms with Gasteiger partial charge in [0.1, 0.15) is 11.6 Å². The molecule has 170 valence electrons. The molecule has 0 amide bonds. The summed E-state index contributed by atoms with van der Waals surface area (Å²) >= 11 is 5.71. The van der Waals surface area contributed by atoms with E-state index in [9.17, 15) is 4.39 Å². The number of hydrogen-bond donors (Lipinski definition) is 1. The first-order valence-electron chi connectivity index (χ1n) is 10.7. The lowest BCUT2D eigenvalue weighted by Gasteiger charge is -2.37. The van der Waals surface area contributed by atoms with E-state index in [0.717, 1.165) is 22.4 Å². The summed E-state index contributed by atoms with van der Waals surface area (Å²) in [6.45, 7) is 1.91. The standard InChI is InChI=1S/C26H21FN4O2S/c1-16-22(25-29-24(30-33-25)17-8-4-3-5-9-17)23(18-10-6-13-21(14-18)32-2)28-26(34)31(16)20-12-7-11-19(27)15-20/h3-15,23H,1-2H3,(H,28,34). The molecule has 1 atom stereocenters. The van der Waals surface area contributed by atoms with Crippen molar-refractivity contribution in [2.75, 3.05) is 12.0 Å². The molecule has 0 radical (unpaired) electrons. The maximum atomic E-state index is 14.1. The molecule has 0 saturated heterocycles. The van der Waals surface area contributed by atoms with Crippen LogP contribution in [-0.4, -0.2) is 22.4 Å². The van der Waals surface area contributed by atoms with Gasteiger partial charge in [-0.25, -0.2) is 4.39 Å². The molecule has 1 aromatic heterocycles. The molecular formula is C26H21FN4O2S. The Kier molecular flexibility index (Phi) is 5.81. The molecule has 1 unspecified atom stereocenters. The number of rotatable bonds is 5. The highest BCUT2D eigenvalue weighted by atomic mass is 32.1. The van der Waals surface area contributed by atoms with Crippen molar-refractivity contribution in [1.82, 2.24) is 15.5 Å². The summed E-state index contributed by atoms with van der Waals surface area (Å²) in [5, 5.41) is 8.01. The quantitative estimate of drug-likeness (QED) is 0.371. The van der Waals surface area contributed by atoms with Crippen molar-refractivity contribution < 1.29 is 13.7 Å². The summed E-state index contributed by atoms with van der Waals surface area (Å²) in [6, 6.07) is 23.2. The van der Waals surface area contributed by atoms with Crippen molar-refractivity contribution in [3.8, 4) is 17.1 Å². The van der Waals surface area contributed by atoms with E-state index in [1.54, 1.807) is 24.1 Å². The van der Waals surface area contributed by atoms with Crippen LogP contribution in [0.3, 0.4) is 0 Å². The molecule has 2 heterocycles. The lowest BCUT2D eigenvalue weighted by atomic mass is 9.94. The second kappa shape index (κ2) is 9.07. The number of nitrogens with zero attached hydrogens (tertiary/aromatic N) is 3. The molecule has 0 spiro atoms. The Hall–Kier alpha value is -4.04. The number of ether oxygens (including phenoxy) is 1. The van der Waals surface area contributed by atoms with E-state index in [2.05, 4.69) is 10.5 Å². The third-order valence-electron chi connectivity index (χ3n) is 5.67. The van der Waals surface area contributed by atoms with Gasteiger partial charge in [-0.2, -0.15) is 4.98 Å². The van der Waals surface area contributed by atoms with Crippen LogP contribution in [0, 0.1) is 5.82 Å². The number of hydrogen-bond acceptors (Lipinski definition) is 5. The normalized spacial score (nSPS) is 15.9. The van der Waals surface area contributed by atoms with Gasteiger partial charge in [0.25, 0.3) is 5.89 Å². The molecule has 34 heavy (non-hydrogen) atoms. The lowest BCUT2D eigenvalue weighted by Crippen LogP contribution is -2.46. The minimum atomic E-state index is -0.378. The third-order valence-corrected chi connectivity index (χ3v) is 5.97. The zero-order valence-corrected chi connectivity index (χ0v) is 19.3. The van der Waals surface area contributed by atoms with Gasteiger partial charge in [0.2, 0.25) is 5.82 Å². The van der Waals surface area contributed by atoms with Gasteiger partial charge >= 0.3 is 0 Å². The second-order valence-corrected chi connectivity index (χ2v) is 8.15. The topological polar surface area (TPSA) is 63.4 Å². The number of methoxy groups -OCH3 is 1. The molecule has 4 aromatic rings. The van der Waals surface area contributed by atoms with Crippen molar-refractivity contribution >= 4 is 28.6 Å². The minimum absolute atomic E-state index is 0.348. The van der Waals surface area contributed by atoms with Gasteiger partial charge < -0.3 is 14.6 Å². The average molecular weight is 473 g/mol. The Morgan fingerprint density at radius 1 is 1.03 bits per heavy atom. The molecule has 1 aliphatic rings. The van der Waals surface area contributed by atoms with Crippen LogP contribution < -0.4 is 15.0 Å². The van der Waals surface area contributed by atoms with Gasteiger partial charge in [0, 0.05) is 11.3 Å². The number of allylic oxidation sites excluding steroid dienone is 1. The SMILES string of the molecule is COc1cccc(C2NC(=S)N(c3cccc(F)c3)C(C)=C2c2nc(-c3ccccc3)no2)c1. The van der Waals surface area contributed by atoms with E-state index < -0.39 is 0 Å². The Bertz CT molecular complexity index is 1390. The van der Waals surface area contributed by atoms with Crippen molar-refractivity contribution in [1.29, 1.82) is 0 Å². The summed E-state index contributed by atoms with van der Waals surface area (Å²) in [5.41, 5.74) is 3.84. The van der Waals surface area contributed by atoms with Gasteiger partial charge in [-0.3, -0.25) is 4.90 Å². The van der Waals surface area contributed by atoms with Crippen LogP contribution in [-0.2, 0) is 0 Å². The fraction of sp³-hybridized carbons (Fsp3) is 0.115. The average Bonchev–Trinajstić information content (AvgIpc) is 3.34. The highest BCUT2D eigenvalue weighted by Gasteiger charge is 2.35. The van der Waals surface area contributed by atoms with Crippen molar-refractivity contribution in [3.05, 3.63) is 102 Å². The lowest BCUT2D eigenvalue weighted by molar-refractivity contribution is 0.403. The van der Waals surface area contributed by atoms with Crippen LogP contribution in [0.4, 0.5) is 10.1 Å². The summed E-state index contributed by atoms with van der Waals surface area (Å²) in [5.74, 6) is 1.19. The predicted molar refractivity (Wildman–Crippen MR) is 133 cm³/mol. The molecule has 3 aromatic carbocycles. The number of thiocarbonyl (C=S) groups is 1. The molecule has 0 fully saturated rings. The van der Waals surface area contributed by atoms with Crippen LogP contribution in [0.15, 0.2) is 89.1 Å². The van der Waals surface area contributed by atoms with E-state index in [-0.39, 0.29) is 11.9 Å². The number of nitrogens with one attached hydrogen (secondary N) is 1. The molecule has 1 N–H and O–H groups in total. The fourth-order valence-electron chi connectivity index (χ4n) is 4.05. The van der Waals surface area contributed by atoms with E-state index in [4.69, 9.17) is 26.5 Å². The Labute approximate surface area is 201 Å². The van der Waals surface area contributed by atoms with Crippen molar-refractivity contribution in [2.24, 2.45) is 0 Å². The molecule has 0 bridgehead atoms. The van der Waals surface area contributed by atoms with E-state index >= 15 is 0 Å². The maximum absolute atomic E-state index is 14.1. The summed E-state index contributed by atoms with van der Waals surface area (Å²) in [4.78, 5) is 6.47. The predicted octanol–water partition coefficient (Wildman–Crippen LogP) is 5.75. The maximum Gasteiger partial charge on any atom is 0.258 e. The molecule has 0 aliphatic carbocycles. The summed E-state index contributed by atoms with van der Waals surface area (Å²) < 4.78 is 25.2. The highest BCUT2D eigenvalue weighted by molar-refractivity contribution is 7.80. The second-order valence-electron chi connectivity index (χ2n) is 7.76. The summed E-state index contributed by atoms with van der Waals surface area (Å²) in [6.07, 6.45) is 0. The van der Waals surface area contributed by atoms with Gasteiger partial charge in [-0.1, -0.05) is 53.7 Å². The van der Waals surface area contributed by atoms with E-state index in [0.29, 0.717) is 28.3 Å². The van der Waals surface area contributed by atoms with Crippen LogP contribution in [0.2, 0.25) is 0 Å². The number of aromatic nitrogens is 2. The third kappa shape index (κ3) is 4.04. The fourth-order valence-corrected chi connectivity index (χ4v) is 4.41. The number of benzene rings is 3. The molecule has 0 saturated carbocycles. The molecular weight excluding hydrogens is 451 g/mol. The Balaban J connectivity index is 1.67. The summed E-state index contributed by atoms with van der Waals surface area (Å²) in [7, 11) is 1.62. The van der Waals surface area contributed by atoms with Crippen LogP contribution in [0.1, 0.15) is 24.4 Å². The van der Waals surface area contributed by atoms with Gasteiger partial charge in [0.15, 0.2) is 5.11 Å². The van der Waals surface area contributed by atoms with Gasteiger partial charge in [-0.15, -0.1) is 0 Å². The molecule has 1 aliphatic heterocycles. The largest absolute Gasteiger partial charge is 0.497 e. The van der Waals surface area contributed by atoms with Gasteiger partial charge in [0.05, 0.1) is 24.4 Å². The molecule has 6 nitrogen and oxygen atoms in total. The van der Waals surface area contributed by atoms with Crippen LogP contribution in [0.25, 0.3) is 17.0 Å². The number of anilines is 1. The molecule has 5 rings (SSSR count). The molecule has 8 heteroatoms. The van der Waals surface area contributed by atoms with Crippen molar-refractivity contribution in [3.63, 3.8) is 0 Å². The van der Waals surface area contributed by atoms with Gasteiger partial charge in [-0.05, 0) is 55.0 Å².